The van der Waals surface area contributed by atoms with Gasteiger partial charge in [-0.2, -0.15) is 0 Å². The van der Waals surface area contributed by atoms with Crippen molar-refractivity contribution in [2.24, 2.45) is 5.73 Å². The minimum atomic E-state index is 0.0277. The summed E-state index contributed by atoms with van der Waals surface area (Å²) >= 11 is 0. The lowest BCUT2D eigenvalue weighted by molar-refractivity contribution is 0.0919. The summed E-state index contributed by atoms with van der Waals surface area (Å²) in [5, 5.41) is 7.62. The SMILES string of the molecule is CC#CCCOCC(N)CCOCCCn1ccnn1. The molecule has 0 aliphatic heterocycles. The molecule has 0 aliphatic carbocycles. The van der Waals surface area contributed by atoms with Crippen molar-refractivity contribution in [3.05, 3.63) is 12.4 Å². The molecule has 0 spiro atoms. The zero-order chi connectivity index (χ0) is 14.5. The van der Waals surface area contributed by atoms with E-state index in [9.17, 15) is 0 Å². The Hall–Kier alpha value is -1.42. The Morgan fingerprint density at radius 3 is 2.95 bits per heavy atom. The Morgan fingerprint density at radius 1 is 1.30 bits per heavy atom. The number of aryl methyl sites for hydroxylation is 1. The highest BCUT2D eigenvalue weighted by Crippen LogP contribution is 1.94. The Morgan fingerprint density at radius 2 is 2.20 bits per heavy atom. The summed E-state index contributed by atoms with van der Waals surface area (Å²) in [6, 6.07) is 0.0277. The summed E-state index contributed by atoms with van der Waals surface area (Å²) < 4.78 is 12.7. The first-order chi connectivity index (χ1) is 9.83. The van der Waals surface area contributed by atoms with Crippen LogP contribution in [0.15, 0.2) is 12.4 Å². The average molecular weight is 280 g/mol. The highest BCUT2D eigenvalue weighted by Gasteiger charge is 2.02. The van der Waals surface area contributed by atoms with Gasteiger partial charge in [-0.05, 0) is 19.8 Å². The van der Waals surface area contributed by atoms with Gasteiger partial charge in [-0.25, -0.2) is 0 Å². The molecule has 0 amide bonds. The Bertz CT molecular complexity index is 384. The highest BCUT2D eigenvalue weighted by molar-refractivity contribution is 4.94. The standard InChI is InChI=1S/C14H24N4O2/c1-2-3-4-10-20-13-14(15)6-12-19-11-5-8-18-9-7-16-17-18/h7,9,14H,4-6,8,10-13,15H2,1H3. The number of nitrogens with two attached hydrogens (primary N) is 1. The van der Waals surface area contributed by atoms with Gasteiger partial charge in [0.25, 0.3) is 0 Å². The molecule has 0 saturated carbocycles. The second-order valence-electron chi connectivity index (χ2n) is 4.43. The third-order valence-corrected chi connectivity index (χ3v) is 2.66. The van der Waals surface area contributed by atoms with Crippen LogP contribution in [0.3, 0.4) is 0 Å². The number of ether oxygens (including phenoxy) is 2. The van der Waals surface area contributed by atoms with Crippen LogP contribution in [0, 0.1) is 11.8 Å². The predicted molar refractivity (Wildman–Crippen MR) is 76.9 cm³/mol. The lowest BCUT2D eigenvalue weighted by Crippen LogP contribution is -2.28. The van der Waals surface area contributed by atoms with Crippen LogP contribution in [0.1, 0.15) is 26.2 Å². The lowest BCUT2D eigenvalue weighted by Gasteiger charge is -2.11. The van der Waals surface area contributed by atoms with Crippen molar-refractivity contribution in [1.82, 2.24) is 15.0 Å². The van der Waals surface area contributed by atoms with Crippen LogP contribution in [-0.2, 0) is 16.0 Å². The first-order valence-corrected chi connectivity index (χ1v) is 6.97. The minimum absolute atomic E-state index is 0.0277. The minimum Gasteiger partial charge on any atom is -0.381 e. The van der Waals surface area contributed by atoms with E-state index in [0.29, 0.717) is 26.4 Å². The molecular weight excluding hydrogens is 256 g/mol. The topological polar surface area (TPSA) is 75.2 Å². The Balaban J connectivity index is 1.86. The van der Waals surface area contributed by atoms with Gasteiger partial charge >= 0.3 is 0 Å². The van der Waals surface area contributed by atoms with E-state index in [-0.39, 0.29) is 6.04 Å². The molecule has 0 radical (unpaired) electrons. The fraction of sp³-hybridized carbons (Fsp3) is 0.714. The molecule has 0 bridgehead atoms. The molecule has 2 N–H and O–H groups in total. The van der Waals surface area contributed by atoms with Crippen LogP contribution < -0.4 is 5.73 Å². The molecule has 1 unspecified atom stereocenters. The van der Waals surface area contributed by atoms with Crippen LogP contribution in [0.5, 0.6) is 0 Å². The predicted octanol–water partition coefficient (Wildman–Crippen LogP) is 0.832. The molecular formula is C14H24N4O2. The largest absolute Gasteiger partial charge is 0.381 e. The molecule has 0 saturated heterocycles. The van der Waals surface area contributed by atoms with E-state index in [1.165, 1.54) is 0 Å². The van der Waals surface area contributed by atoms with Crippen molar-refractivity contribution < 1.29 is 9.47 Å². The number of aromatic nitrogens is 3. The zero-order valence-electron chi connectivity index (χ0n) is 12.1. The van der Waals surface area contributed by atoms with Crippen molar-refractivity contribution in [2.75, 3.05) is 26.4 Å². The fourth-order valence-corrected chi connectivity index (χ4v) is 1.58. The molecule has 1 heterocycles. The van der Waals surface area contributed by atoms with Crippen molar-refractivity contribution in [2.45, 2.75) is 38.8 Å². The monoisotopic (exact) mass is 280 g/mol. The third-order valence-electron chi connectivity index (χ3n) is 2.66. The van der Waals surface area contributed by atoms with Gasteiger partial charge in [0.1, 0.15) is 0 Å². The van der Waals surface area contributed by atoms with Gasteiger partial charge in [-0.3, -0.25) is 4.68 Å². The van der Waals surface area contributed by atoms with E-state index in [4.69, 9.17) is 15.2 Å². The van der Waals surface area contributed by atoms with E-state index < -0.39 is 0 Å². The van der Waals surface area contributed by atoms with Crippen molar-refractivity contribution in [1.29, 1.82) is 0 Å². The quantitative estimate of drug-likeness (QED) is 0.480. The summed E-state index contributed by atoms with van der Waals surface area (Å²) in [5.41, 5.74) is 5.92. The van der Waals surface area contributed by atoms with Gasteiger partial charge in [0.2, 0.25) is 0 Å². The fourth-order valence-electron chi connectivity index (χ4n) is 1.58. The first-order valence-electron chi connectivity index (χ1n) is 6.97. The van der Waals surface area contributed by atoms with E-state index in [1.54, 1.807) is 10.9 Å². The molecule has 0 fully saturated rings. The summed E-state index contributed by atoms with van der Waals surface area (Å²) in [6.45, 7) is 5.23. The van der Waals surface area contributed by atoms with Gasteiger partial charge < -0.3 is 15.2 Å². The number of hydrogen-bond donors (Lipinski definition) is 1. The number of rotatable bonds is 11. The second-order valence-corrected chi connectivity index (χ2v) is 4.43. The van der Waals surface area contributed by atoms with Crippen molar-refractivity contribution >= 4 is 0 Å². The maximum atomic E-state index is 5.92. The maximum absolute atomic E-state index is 5.92. The van der Waals surface area contributed by atoms with Gasteiger partial charge in [0, 0.05) is 38.4 Å². The van der Waals surface area contributed by atoms with Gasteiger partial charge in [0.05, 0.1) is 19.4 Å². The molecule has 20 heavy (non-hydrogen) atoms. The Labute approximate surface area is 120 Å². The van der Waals surface area contributed by atoms with Crippen LogP contribution in [-0.4, -0.2) is 47.5 Å². The summed E-state index contributed by atoms with van der Waals surface area (Å²) in [7, 11) is 0. The summed E-state index contributed by atoms with van der Waals surface area (Å²) in [5.74, 6) is 5.78. The molecule has 6 heteroatoms. The van der Waals surface area contributed by atoms with E-state index in [1.807, 2.05) is 13.1 Å². The molecule has 112 valence electrons. The average Bonchev–Trinajstić information content (AvgIpc) is 2.95. The molecule has 0 aliphatic rings. The summed E-state index contributed by atoms with van der Waals surface area (Å²) in [4.78, 5) is 0. The molecule has 0 aromatic carbocycles. The van der Waals surface area contributed by atoms with Crippen LogP contribution in [0.2, 0.25) is 0 Å². The molecule has 6 nitrogen and oxygen atoms in total. The first kappa shape index (κ1) is 16.6. The lowest BCUT2D eigenvalue weighted by atomic mass is 10.2. The Kier molecular flexibility index (Phi) is 9.49. The van der Waals surface area contributed by atoms with Crippen molar-refractivity contribution in [3.8, 4) is 11.8 Å². The van der Waals surface area contributed by atoms with Crippen molar-refractivity contribution in [3.63, 3.8) is 0 Å². The van der Waals surface area contributed by atoms with E-state index in [2.05, 4.69) is 22.2 Å². The van der Waals surface area contributed by atoms with Crippen LogP contribution in [0.4, 0.5) is 0 Å². The highest BCUT2D eigenvalue weighted by atomic mass is 16.5. The van der Waals surface area contributed by atoms with Gasteiger partial charge in [0.15, 0.2) is 0 Å². The molecule has 1 rings (SSSR count). The van der Waals surface area contributed by atoms with Gasteiger partial charge in [-0.1, -0.05) is 5.21 Å². The second kappa shape index (κ2) is 11.4. The number of nitrogens with zero attached hydrogens (tertiary/aromatic N) is 3. The smallest absolute Gasteiger partial charge is 0.0692 e. The van der Waals surface area contributed by atoms with E-state index in [0.717, 1.165) is 25.8 Å². The van der Waals surface area contributed by atoms with Crippen LogP contribution >= 0.6 is 0 Å². The molecule has 1 aromatic rings. The molecule has 1 atom stereocenters. The van der Waals surface area contributed by atoms with Gasteiger partial charge in [-0.15, -0.1) is 16.9 Å². The maximum Gasteiger partial charge on any atom is 0.0692 e. The van der Waals surface area contributed by atoms with E-state index >= 15 is 0 Å². The normalized spacial score (nSPS) is 11.9. The zero-order valence-corrected chi connectivity index (χ0v) is 12.1. The molecule has 1 aromatic heterocycles. The summed E-state index contributed by atoms with van der Waals surface area (Å²) in [6.07, 6.45) is 6.01. The van der Waals surface area contributed by atoms with Crippen LogP contribution in [0.25, 0.3) is 0 Å². The number of hydrogen-bond acceptors (Lipinski definition) is 5. The third kappa shape index (κ3) is 8.64.